The Labute approximate surface area is 101 Å². The highest BCUT2D eigenvalue weighted by atomic mass is 16.6. The minimum Gasteiger partial charge on any atom is -0.486 e. The van der Waals surface area contributed by atoms with E-state index < -0.39 is 0 Å². The van der Waals surface area contributed by atoms with Crippen molar-refractivity contribution in [2.24, 2.45) is 5.73 Å². The molecular weight excluding hydrogens is 216 g/mol. The summed E-state index contributed by atoms with van der Waals surface area (Å²) in [6, 6.07) is 7.10. The van der Waals surface area contributed by atoms with E-state index in [0.717, 1.165) is 30.9 Å². The van der Waals surface area contributed by atoms with E-state index in [-0.39, 0.29) is 0 Å². The molecule has 92 valence electrons. The Morgan fingerprint density at radius 1 is 1.18 bits per heavy atom. The van der Waals surface area contributed by atoms with E-state index in [1.165, 1.54) is 5.56 Å². The van der Waals surface area contributed by atoms with Gasteiger partial charge in [-0.05, 0) is 30.5 Å². The van der Waals surface area contributed by atoms with Gasteiger partial charge in [-0.3, -0.25) is 0 Å². The predicted octanol–water partition coefficient (Wildman–Crippen LogP) is 1.04. The second-order valence-corrected chi connectivity index (χ2v) is 4.79. The van der Waals surface area contributed by atoms with Crippen LogP contribution in [-0.2, 0) is 6.54 Å². The highest BCUT2D eigenvalue weighted by molar-refractivity contribution is 5.43. The number of ether oxygens (including phenoxy) is 2. The van der Waals surface area contributed by atoms with Crippen LogP contribution in [0.3, 0.4) is 0 Å². The first-order chi connectivity index (χ1) is 8.31. The lowest BCUT2D eigenvalue weighted by Gasteiger charge is -2.33. The second kappa shape index (κ2) is 4.55. The van der Waals surface area contributed by atoms with Crippen molar-refractivity contribution >= 4 is 0 Å². The molecule has 0 amide bonds. The summed E-state index contributed by atoms with van der Waals surface area (Å²) in [6.45, 7) is 2.15. The van der Waals surface area contributed by atoms with Crippen LogP contribution in [0.2, 0.25) is 0 Å². The number of nitrogens with two attached hydrogens (primary N) is 1. The van der Waals surface area contributed by atoms with Gasteiger partial charge in [0.15, 0.2) is 11.5 Å². The maximum Gasteiger partial charge on any atom is 0.161 e. The van der Waals surface area contributed by atoms with Gasteiger partial charge in [-0.15, -0.1) is 0 Å². The van der Waals surface area contributed by atoms with Crippen LogP contribution < -0.4 is 20.5 Å². The summed E-state index contributed by atoms with van der Waals surface area (Å²) in [5.41, 5.74) is 6.98. The molecule has 1 heterocycles. The lowest BCUT2D eigenvalue weighted by atomic mass is 9.87. The molecule has 4 nitrogen and oxygen atoms in total. The van der Waals surface area contributed by atoms with Gasteiger partial charge in [0.05, 0.1) is 0 Å². The maximum atomic E-state index is 5.75. The van der Waals surface area contributed by atoms with E-state index in [1.807, 2.05) is 6.07 Å². The molecule has 0 atom stereocenters. The van der Waals surface area contributed by atoms with Gasteiger partial charge in [-0.2, -0.15) is 0 Å². The molecule has 0 aromatic heterocycles. The van der Waals surface area contributed by atoms with Crippen LogP contribution in [0.5, 0.6) is 11.5 Å². The van der Waals surface area contributed by atoms with E-state index >= 15 is 0 Å². The molecule has 17 heavy (non-hydrogen) atoms. The molecule has 0 radical (unpaired) electrons. The van der Waals surface area contributed by atoms with Crippen molar-refractivity contribution < 1.29 is 9.47 Å². The van der Waals surface area contributed by atoms with E-state index in [2.05, 4.69) is 17.4 Å². The van der Waals surface area contributed by atoms with Gasteiger partial charge in [-0.1, -0.05) is 6.07 Å². The molecule has 0 unspecified atom stereocenters. The van der Waals surface area contributed by atoms with Gasteiger partial charge in [0.1, 0.15) is 13.2 Å². The molecule has 3 rings (SSSR count). The number of rotatable bonds is 3. The van der Waals surface area contributed by atoms with Gasteiger partial charge < -0.3 is 20.5 Å². The monoisotopic (exact) mass is 234 g/mol. The summed E-state index contributed by atoms with van der Waals surface area (Å²) >= 11 is 0. The average Bonchev–Trinajstić information content (AvgIpc) is 2.33. The summed E-state index contributed by atoms with van der Waals surface area (Å²) in [5, 5.41) is 3.50. The van der Waals surface area contributed by atoms with Crippen molar-refractivity contribution in [1.29, 1.82) is 0 Å². The van der Waals surface area contributed by atoms with Crippen LogP contribution in [0.1, 0.15) is 18.4 Å². The largest absolute Gasteiger partial charge is 0.486 e. The summed E-state index contributed by atoms with van der Waals surface area (Å²) < 4.78 is 11.0. The normalized spacial score (nSPS) is 26.4. The van der Waals surface area contributed by atoms with E-state index in [9.17, 15) is 0 Å². The van der Waals surface area contributed by atoms with Gasteiger partial charge in [-0.25, -0.2) is 0 Å². The quantitative estimate of drug-likeness (QED) is 0.820. The zero-order chi connectivity index (χ0) is 11.7. The molecule has 1 aromatic rings. The molecule has 3 N–H and O–H groups in total. The Balaban J connectivity index is 1.59. The minimum atomic E-state index is 0.396. The third-order valence-corrected chi connectivity index (χ3v) is 3.38. The van der Waals surface area contributed by atoms with Crippen LogP contribution in [0.25, 0.3) is 0 Å². The smallest absolute Gasteiger partial charge is 0.161 e. The van der Waals surface area contributed by atoms with Crippen molar-refractivity contribution in [1.82, 2.24) is 5.32 Å². The second-order valence-electron chi connectivity index (χ2n) is 4.79. The maximum absolute atomic E-state index is 5.75. The Kier molecular flexibility index (Phi) is 2.91. The van der Waals surface area contributed by atoms with Crippen LogP contribution in [0, 0.1) is 0 Å². The molecule has 1 aromatic carbocycles. The summed E-state index contributed by atoms with van der Waals surface area (Å²) in [7, 11) is 0. The van der Waals surface area contributed by atoms with Crippen molar-refractivity contribution in [3.63, 3.8) is 0 Å². The molecule has 1 aliphatic carbocycles. The Morgan fingerprint density at radius 2 is 1.94 bits per heavy atom. The summed E-state index contributed by atoms with van der Waals surface area (Å²) in [5.74, 6) is 1.71. The van der Waals surface area contributed by atoms with Gasteiger partial charge in [0.2, 0.25) is 0 Å². The topological polar surface area (TPSA) is 56.5 Å². The summed E-state index contributed by atoms with van der Waals surface area (Å²) in [6.07, 6.45) is 2.18. The number of benzene rings is 1. The molecular formula is C13H18N2O2. The fourth-order valence-corrected chi connectivity index (χ4v) is 2.29. The van der Waals surface area contributed by atoms with Crippen molar-refractivity contribution in [2.75, 3.05) is 13.2 Å². The fourth-order valence-electron chi connectivity index (χ4n) is 2.29. The minimum absolute atomic E-state index is 0.396. The highest BCUT2D eigenvalue weighted by Gasteiger charge is 2.25. The lowest BCUT2D eigenvalue weighted by molar-refractivity contribution is 0.171. The first kappa shape index (κ1) is 10.9. The van der Waals surface area contributed by atoms with Gasteiger partial charge >= 0.3 is 0 Å². The first-order valence-corrected chi connectivity index (χ1v) is 6.19. The molecule has 1 aliphatic heterocycles. The number of nitrogens with one attached hydrogen (secondary N) is 1. The van der Waals surface area contributed by atoms with Crippen molar-refractivity contribution in [3.8, 4) is 11.5 Å². The Hall–Kier alpha value is -1.26. The molecule has 1 saturated carbocycles. The van der Waals surface area contributed by atoms with Crippen LogP contribution >= 0.6 is 0 Å². The predicted molar refractivity (Wildman–Crippen MR) is 65.3 cm³/mol. The van der Waals surface area contributed by atoms with Gasteiger partial charge in [0.25, 0.3) is 0 Å². The molecule has 0 spiro atoms. The Morgan fingerprint density at radius 3 is 2.71 bits per heavy atom. The number of hydrogen-bond acceptors (Lipinski definition) is 4. The average molecular weight is 234 g/mol. The zero-order valence-electron chi connectivity index (χ0n) is 9.82. The SMILES string of the molecule is NC1CC(NCc2ccc3c(c2)OCCO3)C1. The lowest BCUT2D eigenvalue weighted by Crippen LogP contribution is -2.48. The highest BCUT2D eigenvalue weighted by Crippen LogP contribution is 2.30. The number of hydrogen-bond donors (Lipinski definition) is 2. The Bertz CT molecular complexity index is 402. The van der Waals surface area contributed by atoms with Gasteiger partial charge in [0, 0.05) is 18.6 Å². The molecule has 1 fully saturated rings. The first-order valence-electron chi connectivity index (χ1n) is 6.19. The standard InChI is InChI=1S/C13H18N2O2/c14-10-6-11(7-10)15-8-9-1-2-12-13(5-9)17-4-3-16-12/h1-2,5,10-11,15H,3-4,6-8,14H2. The van der Waals surface area contributed by atoms with E-state index in [4.69, 9.17) is 15.2 Å². The van der Waals surface area contributed by atoms with E-state index in [1.54, 1.807) is 0 Å². The fraction of sp³-hybridized carbons (Fsp3) is 0.538. The van der Waals surface area contributed by atoms with Crippen LogP contribution in [0.4, 0.5) is 0 Å². The van der Waals surface area contributed by atoms with Crippen molar-refractivity contribution in [3.05, 3.63) is 23.8 Å². The van der Waals surface area contributed by atoms with Crippen LogP contribution in [-0.4, -0.2) is 25.3 Å². The molecule has 4 heteroatoms. The third kappa shape index (κ3) is 2.37. The number of fused-ring (bicyclic) bond motifs is 1. The summed E-state index contributed by atoms with van der Waals surface area (Å²) in [4.78, 5) is 0. The third-order valence-electron chi connectivity index (χ3n) is 3.38. The van der Waals surface area contributed by atoms with E-state index in [0.29, 0.717) is 25.3 Å². The molecule has 2 aliphatic rings. The molecule has 0 saturated heterocycles. The molecule has 0 bridgehead atoms. The van der Waals surface area contributed by atoms with Crippen molar-refractivity contribution in [2.45, 2.75) is 31.5 Å². The van der Waals surface area contributed by atoms with Crippen LogP contribution in [0.15, 0.2) is 18.2 Å². The zero-order valence-corrected chi connectivity index (χ0v) is 9.82.